The summed E-state index contributed by atoms with van der Waals surface area (Å²) in [7, 11) is 0. The van der Waals surface area contributed by atoms with Crippen molar-refractivity contribution in [2.75, 3.05) is 12.0 Å². The van der Waals surface area contributed by atoms with Crippen LogP contribution in [-0.2, 0) is 0 Å². The summed E-state index contributed by atoms with van der Waals surface area (Å²) in [6.45, 7) is 0.658. The quantitative estimate of drug-likeness (QED) is 0.573. The Kier molecular flexibility index (Phi) is 6.70. The molecule has 0 heterocycles. The second kappa shape index (κ2) is 7.41. The zero-order valence-electron chi connectivity index (χ0n) is 7.16. The maximum atomic E-state index is 8.25. The van der Waals surface area contributed by atoms with E-state index in [9.17, 15) is 0 Å². The van der Waals surface area contributed by atoms with Gasteiger partial charge in [0.2, 0.25) is 0 Å². The van der Waals surface area contributed by atoms with Gasteiger partial charge in [0.25, 0.3) is 0 Å². The topological polar surface area (TPSA) is 47.9 Å². The maximum absolute atomic E-state index is 8.25. The van der Waals surface area contributed by atoms with Crippen LogP contribution in [0.2, 0.25) is 0 Å². The highest BCUT2D eigenvalue weighted by Gasteiger charge is 1.86. The van der Waals surface area contributed by atoms with Crippen molar-refractivity contribution in [1.82, 2.24) is 5.43 Å². The summed E-state index contributed by atoms with van der Waals surface area (Å²) in [6.07, 6.45) is 0.514. The molecule has 0 unspecified atom stereocenters. The Labute approximate surface area is 84.1 Å². The second-order valence-electron chi connectivity index (χ2n) is 2.33. The Morgan fingerprint density at radius 3 is 2.54 bits per heavy atom. The number of hydrogen-bond donors (Lipinski definition) is 2. The fraction of sp³-hybridized carbons (Fsp3) is 0.222. The SMILES string of the molecule is Cl.N#CCCNNc1ccccc1. The van der Waals surface area contributed by atoms with Gasteiger partial charge in [0, 0.05) is 18.7 Å². The molecule has 1 aromatic rings. The fourth-order valence-electron chi connectivity index (χ4n) is 0.804. The average Bonchev–Trinajstić information content (AvgIpc) is 2.14. The van der Waals surface area contributed by atoms with Gasteiger partial charge in [0.1, 0.15) is 0 Å². The molecule has 0 fully saturated rings. The lowest BCUT2D eigenvalue weighted by Gasteiger charge is -2.05. The number of para-hydroxylation sites is 1. The van der Waals surface area contributed by atoms with Crippen LogP contribution in [0.3, 0.4) is 0 Å². The van der Waals surface area contributed by atoms with Gasteiger partial charge in [-0.15, -0.1) is 12.4 Å². The van der Waals surface area contributed by atoms with Crippen molar-refractivity contribution in [3.05, 3.63) is 30.3 Å². The van der Waals surface area contributed by atoms with Crippen LogP contribution in [0.25, 0.3) is 0 Å². The number of nitrogens with zero attached hydrogens (tertiary/aromatic N) is 1. The number of hydrogen-bond acceptors (Lipinski definition) is 3. The third kappa shape index (κ3) is 5.07. The van der Waals surface area contributed by atoms with E-state index in [1.807, 2.05) is 30.3 Å². The van der Waals surface area contributed by atoms with E-state index in [2.05, 4.69) is 16.9 Å². The van der Waals surface area contributed by atoms with Crippen LogP contribution in [0.15, 0.2) is 30.3 Å². The fourth-order valence-corrected chi connectivity index (χ4v) is 0.804. The molecule has 0 saturated carbocycles. The average molecular weight is 198 g/mol. The third-order valence-electron chi connectivity index (χ3n) is 1.37. The summed E-state index contributed by atoms with van der Waals surface area (Å²) in [5.41, 5.74) is 6.92. The molecule has 2 N–H and O–H groups in total. The lowest BCUT2D eigenvalue weighted by molar-refractivity contribution is 0.799. The van der Waals surface area contributed by atoms with Crippen LogP contribution in [0.1, 0.15) is 6.42 Å². The zero-order valence-corrected chi connectivity index (χ0v) is 7.97. The van der Waals surface area contributed by atoms with Crippen molar-refractivity contribution in [3.8, 4) is 6.07 Å². The van der Waals surface area contributed by atoms with E-state index in [-0.39, 0.29) is 12.4 Å². The Morgan fingerprint density at radius 2 is 1.92 bits per heavy atom. The first-order valence-corrected chi connectivity index (χ1v) is 3.84. The molecule has 0 spiro atoms. The Morgan fingerprint density at radius 1 is 1.23 bits per heavy atom. The van der Waals surface area contributed by atoms with Gasteiger partial charge < -0.3 is 5.43 Å². The molecule has 13 heavy (non-hydrogen) atoms. The van der Waals surface area contributed by atoms with Crippen molar-refractivity contribution in [1.29, 1.82) is 5.26 Å². The molecule has 0 saturated heterocycles. The highest BCUT2D eigenvalue weighted by atomic mass is 35.5. The number of halogens is 1. The minimum atomic E-state index is 0. The molecule has 4 heteroatoms. The van der Waals surface area contributed by atoms with Gasteiger partial charge in [-0.05, 0) is 12.1 Å². The molecule has 0 bridgehead atoms. The number of nitriles is 1. The smallest absolute Gasteiger partial charge is 0.0635 e. The van der Waals surface area contributed by atoms with E-state index >= 15 is 0 Å². The van der Waals surface area contributed by atoms with Crippen LogP contribution >= 0.6 is 12.4 Å². The molecule has 3 nitrogen and oxygen atoms in total. The minimum Gasteiger partial charge on any atom is -0.321 e. The van der Waals surface area contributed by atoms with Gasteiger partial charge in [-0.2, -0.15) is 5.26 Å². The molecule has 0 atom stereocenters. The van der Waals surface area contributed by atoms with Gasteiger partial charge in [0.05, 0.1) is 6.07 Å². The highest BCUT2D eigenvalue weighted by molar-refractivity contribution is 5.85. The van der Waals surface area contributed by atoms with E-state index in [1.54, 1.807) is 0 Å². The zero-order chi connectivity index (χ0) is 8.65. The monoisotopic (exact) mass is 197 g/mol. The molecular formula is C9H12ClN3. The van der Waals surface area contributed by atoms with Crippen molar-refractivity contribution in [2.24, 2.45) is 0 Å². The molecule has 0 aliphatic carbocycles. The van der Waals surface area contributed by atoms with Crippen LogP contribution in [-0.4, -0.2) is 6.54 Å². The highest BCUT2D eigenvalue weighted by Crippen LogP contribution is 2.01. The Hall–Kier alpha value is -1.24. The molecule has 0 aromatic heterocycles. The van der Waals surface area contributed by atoms with Crippen molar-refractivity contribution < 1.29 is 0 Å². The molecular weight excluding hydrogens is 186 g/mol. The molecule has 0 radical (unpaired) electrons. The largest absolute Gasteiger partial charge is 0.321 e. The van der Waals surface area contributed by atoms with Gasteiger partial charge >= 0.3 is 0 Å². The maximum Gasteiger partial charge on any atom is 0.0635 e. The van der Waals surface area contributed by atoms with Gasteiger partial charge in [-0.25, -0.2) is 5.43 Å². The van der Waals surface area contributed by atoms with Gasteiger partial charge in [0.15, 0.2) is 0 Å². The number of rotatable bonds is 4. The summed E-state index contributed by atoms with van der Waals surface area (Å²) >= 11 is 0. The van der Waals surface area contributed by atoms with Gasteiger partial charge in [-0.3, -0.25) is 0 Å². The van der Waals surface area contributed by atoms with E-state index in [0.717, 1.165) is 5.69 Å². The number of anilines is 1. The predicted octanol–water partition coefficient (Wildman–Crippen LogP) is 1.94. The summed E-state index contributed by atoms with van der Waals surface area (Å²) in [6, 6.07) is 11.8. The summed E-state index contributed by atoms with van der Waals surface area (Å²) < 4.78 is 0. The number of nitrogens with one attached hydrogen (secondary N) is 2. The van der Waals surface area contributed by atoms with Crippen LogP contribution < -0.4 is 10.9 Å². The molecule has 0 aliphatic heterocycles. The van der Waals surface area contributed by atoms with Crippen LogP contribution in [0.4, 0.5) is 5.69 Å². The first-order chi connectivity index (χ1) is 5.93. The van der Waals surface area contributed by atoms with Crippen LogP contribution in [0, 0.1) is 11.3 Å². The molecule has 0 amide bonds. The predicted molar refractivity (Wildman–Crippen MR) is 55.5 cm³/mol. The minimum absolute atomic E-state index is 0. The van der Waals surface area contributed by atoms with Crippen molar-refractivity contribution >= 4 is 18.1 Å². The first kappa shape index (κ1) is 11.8. The first-order valence-electron chi connectivity index (χ1n) is 3.84. The second-order valence-corrected chi connectivity index (χ2v) is 2.33. The third-order valence-corrected chi connectivity index (χ3v) is 1.37. The van der Waals surface area contributed by atoms with Crippen molar-refractivity contribution in [2.45, 2.75) is 6.42 Å². The summed E-state index contributed by atoms with van der Waals surface area (Å²) in [5, 5.41) is 8.25. The normalized spacial score (nSPS) is 8.23. The van der Waals surface area contributed by atoms with E-state index in [1.165, 1.54) is 0 Å². The van der Waals surface area contributed by atoms with E-state index in [4.69, 9.17) is 5.26 Å². The Bertz CT molecular complexity index is 255. The van der Waals surface area contributed by atoms with Crippen LogP contribution in [0.5, 0.6) is 0 Å². The molecule has 1 rings (SSSR count). The molecule has 0 aliphatic rings. The lowest BCUT2D eigenvalue weighted by Crippen LogP contribution is -2.22. The summed E-state index contributed by atoms with van der Waals surface area (Å²) in [4.78, 5) is 0. The Balaban J connectivity index is 0.00000144. The summed E-state index contributed by atoms with van der Waals surface area (Å²) in [5.74, 6) is 0. The number of benzene rings is 1. The van der Waals surface area contributed by atoms with E-state index in [0.29, 0.717) is 13.0 Å². The lowest BCUT2D eigenvalue weighted by atomic mass is 10.3. The number of hydrazine groups is 1. The molecule has 1 aromatic carbocycles. The molecule has 70 valence electrons. The van der Waals surface area contributed by atoms with Gasteiger partial charge in [-0.1, -0.05) is 18.2 Å². The van der Waals surface area contributed by atoms with Crippen molar-refractivity contribution in [3.63, 3.8) is 0 Å². The standard InChI is InChI=1S/C9H11N3.ClH/c10-7-4-8-11-12-9-5-2-1-3-6-9;/h1-3,5-6,11-12H,4,8H2;1H. The van der Waals surface area contributed by atoms with E-state index < -0.39 is 0 Å².